The molecule has 3 atom stereocenters. The Bertz CT molecular complexity index is 442. The SMILES string of the molecule is CCCC[C@H]1CCC[C@@H](CC(=O)OC(C)(C)C)[C@@H]1C(=O)OC(C)(C)C. The number of esters is 2. The number of rotatable bonds is 6. The van der Waals surface area contributed by atoms with Crippen molar-refractivity contribution in [2.75, 3.05) is 0 Å². The van der Waals surface area contributed by atoms with E-state index in [4.69, 9.17) is 9.47 Å². The van der Waals surface area contributed by atoms with Crippen LogP contribution < -0.4 is 0 Å². The van der Waals surface area contributed by atoms with Gasteiger partial charge in [0, 0.05) is 6.42 Å². The lowest BCUT2D eigenvalue weighted by atomic mass is 9.69. The number of carbonyl (C=O) groups is 2. The highest BCUT2D eigenvalue weighted by atomic mass is 16.6. The predicted molar refractivity (Wildman–Crippen MR) is 100 cm³/mol. The van der Waals surface area contributed by atoms with Crippen LogP contribution in [0.4, 0.5) is 0 Å². The lowest BCUT2D eigenvalue weighted by molar-refractivity contribution is -0.168. The zero-order chi connectivity index (χ0) is 19.3. The molecular weight excluding hydrogens is 316 g/mol. The van der Waals surface area contributed by atoms with Gasteiger partial charge in [0.25, 0.3) is 0 Å². The summed E-state index contributed by atoms with van der Waals surface area (Å²) in [5.74, 6) is -0.188. The molecule has 4 nitrogen and oxygen atoms in total. The highest BCUT2D eigenvalue weighted by molar-refractivity contribution is 5.76. The van der Waals surface area contributed by atoms with Crippen LogP contribution in [0.15, 0.2) is 0 Å². The number of hydrogen-bond donors (Lipinski definition) is 0. The summed E-state index contributed by atoms with van der Waals surface area (Å²) < 4.78 is 11.2. The lowest BCUT2D eigenvalue weighted by Gasteiger charge is -2.38. The lowest BCUT2D eigenvalue weighted by Crippen LogP contribution is -2.40. The topological polar surface area (TPSA) is 52.6 Å². The van der Waals surface area contributed by atoms with Crippen molar-refractivity contribution in [2.45, 2.75) is 105 Å². The quantitative estimate of drug-likeness (QED) is 0.609. The van der Waals surface area contributed by atoms with Crippen molar-refractivity contribution in [1.29, 1.82) is 0 Å². The first-order valence-electron chi connectivity index (χ1n) is 9.87. The Labute approximate surface area is 154 Å². The normalized spacial score (nSPS) is 24.7. The third-order valence-electron chi connectivity index (χ3n) is 4.62. The van der Waals surface area contributed by atoms with Crippen molar-refractivity contribution < 1.29 is 19.1 Å². The second-order valence-corrected chi connectivity index (χ2v) is 9.44. The average molecular weight is 355 g/mol. The summed E-state index contributed by atoms with van der Waals surface area (Å²) in [6, 6.07) is 0. The Kier molecular flexibility index (Phi) is 7.95. The molecule has 0 aromatic carbocycles. The number of unbranched alkanes of at least 4 members (excludes halogenated alkanes) is 1. The molecule has 4 heteroatoms. The standard InChI is InChI=1S/C21H38O4/c1-8-9-11-15-12-10-13-16(14-17(22)24-20(2,3)4)18(15)19(23)25-21(5,6)7/h15-16,18H,8-14H2,1-7H3/t15-,16-,18+/m0/s1. The number of ether oxygens (including phenoxy) is 2. The largest absolute Gasteiger partial charge is 0.460 e. The van der Waals surface area contributed by atoms with Gasteiger partial charge in [-0.25, -0.2) is 0 Å². The van der Waals surface area contributed by atoms with Crippen LogP contribution in [0.2, 0.25) is 0 Å². The molecule has 0 aliphatic heterocycles. The van der Waals surface area contributed by atoms with E-state index in [1.807, 2.05) is 41.5 Å². The van der Waals surface area contributed by atoms with E-state index in [2.05, 4.69) is 6.92 Å². The first kappa shape index (κ1) is 22.0. The minimum Gasteiger partial charge on any atom is -0.460 e. The molecule has 0 bridgehead atoms. The molecule has 0 radical (unpaired) electrons. The molecule has 0 spiro atoms. The molecule has 1 saturated carbocycles. The summed E-state index contributed by atoms with van der Waals surface area (Å²) in [6.07, 6.45) is 6.59. The minimum atomic E-state index is -0.500. The summed E-state index contributed by atoms with van der Waals surface area (Å²) in [4.78, 5) is 25.2. The van der Waals surface area contributed by atoms with Gasteiger partial charge in [-0.05, 0) is 72.6 Å². The summed E-state index contributed by atoms with van der Waals surface area (Å²) in [5.41, 5.74) is -0.991. The van der Waals surface area contributed by atoms with Gasteiger partial charge < -0.3 is 9.47 Å². The third-order valence-corrected chi connectivity index (χ3v) is 4.62. The Morgan fingerprint density at radius 2 is 1.48 bits per heavy atom. The van der Waals surface area contributed by atoms with Crippen LogP contribution in [0.25, 0.3) is 0 Å². The van der Waals surface area contributed by atoms with Gasteiger partial charge in [0.15, 0.2) is 0 Å². The second kappa shape index (κ2) is 9.05. The van der Waals surface area contributed by atoms with E-state index in [-0.39, 0.29) is 23.8 Å². The van der Waals surface area contributed by atoms with Crippen molar-refractivity contribution in [3.8, 4) is 0 Å². The summed E-state index contributed by atoms with van der Waals surface area (Å²) >= 11 is 0. The van der Waals surface area contributed by atoms with E-state index in [1.165, 1.54) is 0 Å². The highest BCUT2D eigenvalue weighted by Gasteiger charge is 2.41. The van der Waals surface area contributed by atoms with Crippen LogP contribution in [-0.4, -0.2) is 23.1 Å². The van der Waals surface area contributed by atoms with Gasteiger partial charge in [0.2, 0.25) is 0 Å². The van der Waals surface area contributed by atoms with Gasteiger partial charge >= 0.3 is 11.9 Å². The third kappa shape index (κ3) is 8.24. The van der Waals surface area contributed by atoms with Crippen LogP contribution >= 0.6 is 0 Å². The zero-order valence-electron chi connectivity index (χ0n) is 17.3. The Morgan fingerprint density at radius 1 is 0.920 bits per heavy atom. The maximum absolute atomic E-state index is 12.9. The van der Waals surface area contributed by atoms with E-state index in [1.54, 1.807) is 0 Å². The molecule has 0 aromatic rings. The van der Waals surface area contributed by atoms with Gasteiger partial charge in [0.05, 0.1) is 5.92 Å². The minimum absolute atomic E-state index is 0.0281. The molecule has 0 unspecified atom stereocenters. The van der Waals surface area contributed by atoms with Crippen molar-refractivity contribution in [3.63, 3.8) is 0 Å². The van der Waals surface area contributed by atoms with Crippen molar-refractivity contribution in [1.82, 2.24) is 0 Å². The first-order valence-corrected chi connectivity index (χ1v) is 9.87. The van der Waals surface area contributed by atoms with Gasteiger partial charge in [-0.1, -0.05) is 26.2 Å². The highest BCUT2D eigenvalue weighted by Crippen LogP contribution is 2.41. The molecule has 0 aromatic heterocycles. The first-order chi connectivity index (χ1) is 11.4. The maximum atomic E-state index is 12.9. The van der Waals surface area contributed by atoms with E-state index in [0.29, 0.717) is 12.3 Å². The van der Waals surface area contributed by atoms with Crippen molar-refractivity contribution in [3.05, 3.63) is 0 Å². The molecule has 25 heavy (non-hydrogen) atoms. The molecule has 1 aliphatic rings. The van der Waals surface area contributed by atoms with E-state index in [9.17, 15) is 9.59 Å². The monoisotopic (exact) mass is 354 g/mol. The maximum Gasteiger partial charge on any atom is 0.310 e. The Balaban J connectivity index is 2.89. The van der Waals surface area contributed by atoms with E-state index in [0.717, 1.165) is 38.5 Å². The Morgan fingerprint density at radius 3 is 2.00 bits per heavy atom. The van der Waals surface area contributed by atoms with Crippen molar-refractivity contribution >= 4 is 11.9 Å². The number of carbonyl (C=O) groups excluding carboxylic acids is 2. The van der Waals surface area contributed by atoms with Crippen LogP contribution in [0, 0.1) is 17.8 Å². The molecule has 1 aliphatic carbocycles. The summed E-state index contributed by atoms with van der Waals surface area (Å²) in [5, 5.41) is 0. The van der Waals surface area contributed by atoms with Gasteiger partial charge in [-0.2, -0.15) is 0 Å². The van der Waals surface area contributed by atoms with Crippen LogP contribution in [0.3, 0.4) is 0 Å². The van der Waals surface area contributed by atoms with Gasteiger partial charge in [-0.3, -0.25) is 9.59 Å². The molecule has 1 rings (SSSR count). The van der Waals surface area contributed by atoms with Gasteiger partial charge in [0.1, 0.15) is 11.2 Å². The van der Waals surface area contributed by atoms with Crippen LogP contribution in [-0.2, 0) is 19.1 Å². The predicted octanol–water partition coefficient (Wildman–Crippen LogP) is 5.28. The van der Waals surface area contributed by atoms with E-state index < -0.39 is 11.2 Å². The number of hydrogen-bond acceptors (Lipinski definition) is 4. The van der Waals surface area contributed by atoms with Crippen molar-refractivity contribution in [2.24, 2.45) is 17.8 Å². The average Bonchev–Trinajstić information content (AvgIpc) is 2.40. The van der Waals surface area contributed by atoms with Gasteiger partial charge in [-0.15, -0.1) is 0 Å². The molecule has 1 fully saturated rings. The van der Waals surface area contributed by atoms with Crippen LogP contribution in [0.5, 0.6) is 0 Å². The molecular formula is C21H38O4. The molecule has 0 saturated heterocycles. The zero-order valence-corrected chi connectivity index (χ0v) is 17.3. The molecule has 0 N–H and O–H groups in total. The Hall–Kier alpha value is -1.06. The smallest absolute Gasteiger partial charge is 0.310 e. The second-order valence-electron chi connectivity index (χ2n) is 9.44. The molecule has 0 heterocycles. The fourth-order valence-electron chi connectivity index (χ4n) is 3.76. The van der Waals surface area contributed by atoms with E-state index >= 15 is 0 Å². The fraction of sp³-hybridized carbons (Fsp3) is 0.905. The van der Waals surface area contributed by atoms with Crippen LogP contribution in [0.1, 0.15) is 93.4 Å². The summed E-state index contributed by atoms with van der Waals surface area (Å²) in [7, 11) is 0. The molecule has 146 valence electrons. The molecule has 0 amide bonds. The fourth-order valence-corrected chi connectivity index (χ4v) is 3.76. The summed E-state index contributed by atoms with van der Waals surface area (Å²) in [6.45, 7) is 13.5.